The molecule has 1 amide bonds. The fourth-order valence-electron chi connectivity index (χ4n) is 3.39. The van der Waals surface area contributed by atoms with E-state index < -0.39 is 0 Å². The van der Waals surface area contributed by atoms with Crippen molar-refractivity contribution in [2.75, 3.05) is 13.1 Å². The molecule has 0 unspecified atom stereocenters. The summed E-state index contributed by atoms with van der Waals surface area (Å²) in [7, 11) is 0. The number of likely N-dealkylation sites (tertiary alicyclic amines) is 1. The highest BCUT2D eigenvalue weighted by Crippen LogP contribution is 2.15. The second-order valence-corrected chi connectivity index (χ2v) is 6.73. The van der Waals surface area contributed by atoms with Crippen LogP contribution in [-0.4, -0.2) is 60.1 Å². The topological polar surface area (TPSA) is 93.2 Å². The fourth-order valence-corrected chi connectivity index (χ4v) is 3.39. The molecule has 0 saturated carbocycles. The highest BCUT2D eigenvalue weighted by atomic mass is 16.2. The van der Waals surface area contributed by atoms with E-state index in [0.717, 1.165) is 18.7 Å². The van der Waals surface area contributed by atoms with Gasteiger partial charge in [0.15, 0.2) is 11.7 Å². The maximum atomic E-state index is 12.6. The van der Waals surface area contributed by atoms with Crippen molar-refractivity contribution in [1.82, 2.24) is 34.5 Å². The number of carbonyl (C=O) groups is 1. The minimum atomic E-state index is -0.300. The zero-order valence-corrected chi connectivity index (χ0v) is 16.4. The van der Waals surface area contributed by atoms with E-state index in [-0.39, 0.29) is 17.8 Å². The second kappa shape index (κ2) is 8.56. The summed E-state index contributed by atoms with van der Waals surface area (Å²) in [6, 6.07) is 9.49. The largest absolute Gasteiger partial charge is 0.351 e. The Morgan fingerprint density at radius 2 is 2.07 bits per heavy atom. The average Bonchev–Trinajstić information content (AvgIpc) is 3.53. The number of hydrogen-bond acceptors (Lipinski definition) is 5. The van der Waals surface area contributed by atoms with Crippen LogP contribution in [0.2, 0.25) is 0 Å². The van der Waals surface area contributed by atoms with Crippen LogP contribution in [0.25, 0.3) is 11.9 Å². The van der Waals surface area contributed by atoms with Crippen molar-refractivity contribution in [2.45, 2.75) is 12.5 Å². The van der Waals surface area contributed by atoms with E-state index >= 15 is 0 Å². The molecular weight excluding hydrogens is 380 g/mol. The lowest BCUT2D eigenvalue weighted by Gasteiger charge is -2.20. The number of rotatable bonds is 6. The normalized spacial score (nSPS) is 16.5. The summed E-state index contributed by atoms with van der Waals surface area (Å²) in [5.74, 6) is 1.21. The molecular formula is C21H22N8O. The third-order valence-electron chi connectivity index (χ3n) is 4.82. The Labute approximate surface area is 174 Å². The van der Waals surface area contributed by atoms with Crippen molar-refractivity contribution in [2.24, 2.45) is 4.99 Å². The van der Waals surface area contributed by atoms with Crippen molar-refractivity contribution in [1.29, 1.82) is 0 Å². The summed E-state index contributed by atoms with van der Waals surface area (Å²) in [4.78, 5) is 27.6. The molecule has 9 nitrogen and oxygen atoms in total. The maximum absolute atomic E-state index is 12.6. The number of aromatic nitrogens is 5. The summed E-state index contributed by atoms with van der Waals surface area (Å²) >= 11 is 0. The van der Waals surface area contributed by atoms with Crippen LogP contribution in [0.15, 0.2) is 73.4 Å². The van der Waals surface area contributed by atoms with Gasteiger partial charge in [-0.2, -0.15) is 0 Å². The van der Waals surface area contributed by atoms with Gasteiger partial charge in [0.2, 0.25) is 5.82 Å². The molecule has 1 fully saturated rings. The maximum Gasteiger partial charge on any atom is 0.291 e. The molecule has 0 aliphatic carbocycles. The Kier molecular flexibility index (Phi) is 5.51. The van der Waals surface area contributed by atoms with Crippen LogP contribution in [0.1, 0.15) is 22.9 Å². The van der Waals surface area contributed by atoms with Gasteiger partial charge in [-0.15, -0.1) is 5.10 Å². The van der Waals surface area contributed by atoms with Gasteiger partial charge in [-0.05, 0) is 18.6 Å². The second-order valence-electron chi connectivity index (χ2n) is 6.73. The van der Waals surface area contributed by atoms with Gasteiger partial charge in [0.1, 0.15) is 6.33 Å². The Hall–Kier alpha value is -4.01. The smallest absolute Gasteiger partial charge is 0.291 e. The number of amides is 1. The van der Waals surface area contributed by atoms with Gasteiger partial charge in [-0.3, -0.25) is 4.79 Å². The first-order valence-corrected chi connectivity index (χ1v) is 9.57. The average molecular weight is 402 g/mol. The molecule has 0 bridgehead atoms. The van der Waals surface area contributed by atoms with Crippen LogP contribution in [0.5, 0.6) is 0 Å². The van der Waals surface area contributed by atoms with E-state index in [1.165, 1.54) is 12.5 Å². The standard InChI is InChI=1S/C21H22N8O/c1-3-22-19(20-23-11-13-27(20)4-2)28-12-10-16(14-28)25-21(30)18-24-15-29(26-18)17-8-6-5-7-9-17/h3-9,11,13,15-16H,1-2,10,12,14H2,(H,25,30)/t16-/m0/s1. The van der Waals surface area contributed by atoms with Gasteiger partial charge >= 0.3 is 0 Å². The molecule has 3 aromatic rings. The third kappa shape index (κ3) is 3.90. The summed E-state index contributed by atoms with van der Waals surface area (Å²) in [5, 5.41) is 7.30. The number of carbonyl (C=O) groups excluding carboxylic acids is 1. The first-order valence-electron chi connectivity index (χ1n) is 9.57. The van der Waals surface area contributed by atoms with Crippen molar-refractivity contribution in [3.8, 4) is 5.69 Å². The minimum Gasteiger partial charge on any atom is -0.351 e. The number of nitrogens with zero attached hydrogens (tertiary/aromatic N) is 7. The molecule has 0 spiro atoms. The molecule has 1 atom stereocenters. The number of nitrogens with one attached hydrogen (secondary N) is 1. The summed E-state index contributed by atoms with van der Waals surface area (Å²) in [5.41, 5.74) is 0.846. The highest BCUT2D eigenvalue weighted by Gasteiger charge is 2.29. The summed E-state index contributed by atoms with van der Waals surface area (Å²) < 4.78 is 3.38. The number of para-hydroxylation sites is 1. The van der Waals surface area contributed by atoms with Crippen molar-refractivity contribution >= 4 is 17.9 Å². The Morgan fingerprint density at radius 3 is 2.83 bits per heavy atom. The Bertz CT molecular complexity index is 1080. The predicted octanol–water partition coefficient (Wildman–Crippen LogP) is 1.96. The van der Waals surface area contributed by atoms with Crippen LogP contribution >= 0.6 is 0 Å². The van der Waals surface area contributed by atoms with Gasteiger partial charge in [0.05, 0.1) is 5.69 Å². The lowest BCUT2D eigenvalue weighted by Crippen LogP contribution is -2.39. The van der Waals surface area contributed by atoms with E-state index in [2.05, 4.69) is 43.4 Å². The number of aliphatic imine (C=N–C) groups is 1. The van der Waals surface area contributed by atoms with Crippen LogP contribution in [0.3, 0.4) is 0 Å². The molecule has 1 saturated heterocycles. The highest BCUT2D eigenvalue weighted by molar-refractivity contribution is 5.97. The van der Waals surface area contributed by atoms with Crippen molar-refractivity contribution < 1.29 is 4.79 Å². The molecule has 0 radical (unpaired) electrons. The van der Waals surface area contributed by atoms with Gasteiger partial charge in [0, 0.05) is 43.9 Å². The summed E-state index contributed by atoms with van der Waals surface area (Å²) in [6.45, 7) is 8.83. The monoisotopic (exact) mass is 402 g/mol. The van der Waals surface area contributed by atoms with E-state index in [4.69, 9.17) is 0 Å². The van der Waals surface area contributed by atoms with Crippen molar-refractivity contribution in [3.63, 3.8) is 0 Å². The van der Waals surface area contributed by atoms with Crippen LogP contribution in [-0.2, 0) is 0 Å². The number of amidine groups is 1. The first-order chi connectivity index (χ1) is 14.7. The Morgan fingerprint density at radius 1 is 1.23 bits per heavy atom. The molecule has 1 aromatic carbocycles. The molecule has 1 N–H and O–H groups in total. The lowest BCUT2D eigenvalue weighted by atomic mass is 10.2. The van der Waals surface area contributed by atoms with Crippen molar-refractivity contribution in [3.05, 3.63) is 80.1 Å². The minimum absolute atomic E-state index is 0.0525. The molecule has 1 aliphatic heterocycles. The molecule has 4 rings (SSSR count). The number of hydrogen-bond donors (Lipinski definition) is 1. The molecule has 9 heteroatoms. The molecule has 2 aromatic heterocycles. The SMILES string of the molecule is C=CN=C(c1nccn1C=C)N1CC[C@H](NC(=O)c2ncn(-c3ccccc3)n2)C1. The van der Waals surface area contributed by atoms with Gasteiger partial charge in [0.25, 0.3) is 5.91 Å². The van der Waals surface area contributed by atoms with Crippen LogP contribution in [0.4, 0.5) is 0 Å². The molecule has 30 heavy (non-hydrogen) atoms. The van der Waals surface area contributed by atoms with Gasteiger partial charge < -0.3 is 14.8 Å². The zero-order valence-electron chi connectivity index (χ0n) is 16.4. The third-order valence-corrected chi connectivity index (χ3v) is 4.82. The molecule has 152 valence electrons. The van der Waals surface area contributed by atoms with E-state index in [1.807, 2.05) is 36.5 Å². The first kappa shape index (κ1) is 19.3. The fraction of sp³-hybridized carbons (Fsp3) is 0.190. The van der Waals surface area contributed by atoms with Gasteiger partial charge in [-0.1, -0.05) is 31.4 Å². The summed E-state index contributed by atoms with van der Waals surface area (Å²) in [6.07, 6.45) is 8.98. The van der Waals surface area contributed by atoms with Crippen LogP contribution < -0.4 is 5.32 Å². The van der Waals surface area contributed by atoms with Gasteiger partial charge in [-0.25, -0.2) is 19.6 Å². The zero-order chi connectivity index (χ0) is 20.9. The number of benzene rings is 1. The Balaban J connectivity index is 1.43. The van der Waals surface area contributed by atoms with E-state index in [1.54, 1.807) is 21.6 Å². The van der Waals surface area contributed by atoms with Crippen LogP contribution in [0, 0.1) is 0 Å². The van der Waals surface area contributed by atoms with E-state index in [9.17, 15) is 4.79 Å². The van der Waals surface area contributed by atoms with E-state index in [0.29, 0.717) is 18.2 Å². The quantitative estimate of drug-likeness (QED) is 0.503. The molecule has 1 aliphatic rings. The number of imidazole rings is 1. The predicted molar refractivity (Wildman–Crippen MR) is 114 cm³/mol. The lowest BCUT2D eigenvalue weighted by molar-refractivity contribution is 0.0928. The molecule has 3 heterocycles.